The first kappa shape index (κ1) is 12.0. The van der Waals surface area contributed by atoms with Crippen LogP contribution in [-0.4, -0.2) is 48.6 Å². The predicted molar refractivity (Wildman–Crippen MR) is 55.5 cm³/mol. The molecule has 1 aliphatic carbocycles. The Morgan fingerprint density at radius 2 is 2.00 bits per heavy atom. The Hall–Kier alpha value is -1.10. The lowest BCUT2D eigenvalue weighted by Crippen LogP contribution is -2.45. The van der Waals surface area contributed by atoms with E-state index in [-0.39, 0.29) is 11.9 Å². The second kappa shape index (κ2) is 4.18. The van der Waals surface area contributed by atoms with Crippen molar-refractivity contribution < 1.29 is 14.7 Å². The summed E-state index contributed by atoms with van der Waals surface area (Å²) in [6.07, 6.45) is 0.922. The van der Waals surface area contributed by atoms with Gasteiger partial charge in [-0.15, -0.1) is 0 Å². The number of aliphatic carboxylic acids is 1. The van der Waals surface area contributed by atoms with Gasteiger partial charge < -0.3 is 15.3 Å². The average molecular weight is 214 g/mol. The minimum absolute atomic E-state index is 0.0238. The van der Waals surface area contributed by atoms with Crippen LogP contribution in [0.1, 0.15) is 19.8 Å². The molecule has 0 aromatic carbocycles. The standard InChI is InChI=1S/C10H18N2O3/c1-7(6-12(2)3)11-8(13)10(4-5-10)9(14)15/h7H,4-6H2,1-3H3,(H,11,13)(H,14,15). The normalized spacial score (nSPS) is 19.7. The highest BCUT2D eigenvalue weighted by atomic mass is 16.4. The largest absolute Gasteiger partial charge is 0.480 e. The smallest absolute Gasteiger partial charge is 0.319 e. The number of amides is 1. The topological polar surface area (TPSA) is 69.6 Å². The number of hydrogen-bond donors (Lipinski definition) is 2. The van der Waals surface area contributed by atoms with E-state index in [0.29, 0.717) is 19.4 Å². The van der Waals surface area contributed by atoms with E-state index in [1.165, 1.54) is 0 Å². The molecule has 0 aliphatic heterocycles. The van der Waals surface area contributed by atoms with E-state index in [1.807, 2.05) is 25.9 Å². The molecule has 1 saturated carbocycles. The van der Waals surface area contributed by atoms with Crippen LogP contribution in [0, 0.1) is 5.41 Å². The Morgan fingerprint density at radius 3 is 2.33 bits per heavy atom. The number of likely N-dealkylation sites (N-methyl/N-ethyl adjacent to an activating group) is 1. The maximum atomic E-state index is 11.7. The van der Waals surface area contributed by atoms with Gasteiger partial charge in [0, 0.05) is 12.6 Å². The Balaban J connectivity index is 2.46. The summed E-state index contributed by atoms with van der Waals surface area (Å²) in [6, 6.07) is -0.0238. The fourth-order valence-electron chi connectivity index (χ4n) is 1.62. The summed E-state index contributed by atoms with van der Waals surface area (Å²) in [5.41, 5.74) is -1.12. The molecule has 1 fully saturated rings. The molecule has 5 nitrogen and oxygen atoms in total. The highest BCUT2D eigenvalue weighted by Gasteiger charge is 2.57. The molecule has 1 rings (SSSR count). The Labute approximate surface area is 89.4 Å². The molecule has 86 valence electrons. The lowest BCUT2D eigenvalue weighted by molar-refractivity contribution is -0.149. The molecule has 0 radical (unpaired) electrons. The van der Waals surface area contributed by atoms with Gasteiger partial charge in [0.05, 0.1) is 0 Å². The van der Waals surface area contributed by atoms with Crippen molar-refractivity contribution in [2.75, 3.05) is 20.6 Å². The van der Waals surface area contributed by atoms with E-state index in [4.69, 9.17) is 5.11 Å². The van der Waals surface area contributed by atoms with Crippen LogP contribution >= 0.6 is 0 Å². The lowest BCUT2D eigenvalue weighted by Gasteiger charge is -2.20. The molecule has 1 atom stereocenters. The first-order valence-corrected chi connectivity index (χ1v) is 5.07. The molecule has 5 heteroatoms. The van der Waals surface area contributed by atoms with E-state index in [2.05, 4.69) is 5.32 Å². The summed E-state index contributed by atoms with van der Waals surface area (Å²) in [6.45, 7) is 2.58. The molecule has 1 aliphatic rings. The van der Waals surface area contributed by atoms with E-state index in [9.17, 15) is 9.59 Å². The van der Waals surface area contributed by atoms with Crippen LogP contribution in [0.2, 0.25) is 0 Å². The lowest BCUT2D eigenvalue weighted by atomic mass is 10.1. The highest BCUT2D eigenvalue weighted by Crippen LogP contribution is 2.46. The van der Waals surface area contributed by atoms with Crippen LogP contribution in [0.3, 0.4) is 0 Å². The van der Waals surface area contributed by atoms with Gasteiger partial charge in [-0.3, -0.25) is 9.59 Å². The molecule has 0 spiro atoms. The molecule has 1 amide bonds. The monoisotopic (exact) mass is 214 g/mol. The molecular weight excluding hydrogens is 196 g/mol. The molecule has 0 bridgehead atoms. The quantitative estimate of drug-likeness (QED) is 0.628. The number of nitrogens with zero attached hydrogens (tertiary/aromatic N) is 1. The molecule has 0 aromatic rings. The van der Waals surface area contributed by atoms with Gasteiger partial charge in [-0.1, -0.05) is 0 Å². The fourth-order valence-corrected chi connectivity index (χ4v) is 1.62. The Kier molecular flexibility index (Phi) is 3.34. The van der Waals surface area contributed by atoms with Crippen molar-refractivity contribution >= 4 is 11.9 Å². The zero-order valence-electron chi connectivity index (χ0n) is 9.41. The van der Waals surface area contributed by atoms with Crippen molar-refractivity contribution in [1.82, 2.24) is 10.2 Å². The van der Waals surface area contributed by atoms with Crippen LogP contribution in [0.5, 0.6) is 0 Å². The second-order valence-electron chi connectivity index (χ2n) is 4.52. The zero-order chi connectivity index (χ0) is 11.6. The van der Waals surface area contributed by atoms with Crippen LogP contribution < -0.4 is 5.32 Å². The van der Waals surface area contributed by atoms with E-state index in [1.54, 1.807) is 0 Å². The van der Waals surface area contributed by atoms with Crippen molar-refractivity contribution in [1.29, 1.82) is 0 Å². The van der Waals surface area contributed by atoms with Crippen LogP contribution in [0.4, 0.5) is 0 Å². The molecule has 1 unspecified atom stereocenters. The summed E-state index contributed by atoms with van der Waals surface area (Å²) < 4.78 is 0. The summed E-state index contributed by atoms with van der Waals surface area (Å²) in [5, 5.41) is 11.6. The second-order valence-corrected chi connectivity index (χ2v) is 4.52. The number of rotatable bonds is 5. The fraction of sp³-hybridized carbons (Fsp3) is 0.800. The third-order valence-corrected chi connectivity index (χ3v) is 2.61. The van der Waals surface area contributed by atoms with Crippen molar-refractivity contribution in [3.05, 3.63) is 0 Å². The van der Waals surface area contributed by atoms with Crippen LogP contribution in [0.25, 0.3) is 0 Å². The third kappa shape index (κ3) is 2.68. The molecule has 0 aromatic heterocycles. The summed E-state index contributed by atoms with van der Waals surface area (Å²) in [4.78, 5) is 24.5. The number of carboxylic acids is 1. The first-order chi connectivity index (χ1) is 6.88. The van der Waals surface area contributed by atoms with Gasteiger partial charge in [-0.2, -0.15) is 0 Å². The minimum atomic E-state index is -1.12. The molecular formula is C10H18N2O3. The van der Waals surface area contributed by atoms with Crippen molar-refractivity contribution in [2.45, 2.75) is 25.8 Å². The predicted octanol–water partition coefficient (Wildman–Crippen LogP) is -0.0825. The average Bonchev–Trinajstić information content (AvgIpc) is 2.80. The first-order valence-electron chi connectivity index (χ1n) is 5.07. The minimum Gasteiger partial charge on any atom is -0.480 e. The van der Waals surface area contributed by atoms with E-state index >= 15 is 0 Å². The Morgan fingerprint density at radius 1 is 1.47 bits per heavy atom. The maximum absolute atomic E-state index is 11.7. The molecule has 15 heavy (non-hydrogen) atoms. The van der Waals surface area contributed by atoms with Gasteiger partial charge in [0.15, 0.2) is 0 Å². The van der Waals surface area contributed by atoms with Crippen LogP contribution in [-0.2, 0) is 9.59 Å². The van der Waals surface area contributed by atoms with Gasteiger partial charge in [-0.25, -0.2) is 0 Å². The van der Waals surface area contributed by atoms with E-state index < -0.39 is 11.4 Å². The summed E-state index contributed by atoms with van der Waals surface area (Å²) >= 11 is 0. The van der Waals surface area contributed by atoms with Gasteiger partial charge in [-0.05, 0) is 33.9 Å². The van der Waals surface area contributed by atoms with Gasteiger partial charge in [0.25, 0.3) is 0 Å². The van der Waals surface area contributed by atoms with Gasteiger partial charge in [0.2, 0.25) is 5.91 Å². The highest BCUT2D eigenvalue weighted by molar-refractivity contribution is 6.04. The number of carbonyl (C=O) groups is 2. The number of carbonyl (C=O) groups excluding carboxylic acids is 1. The van der Waals surface area contributed by atoms with Gasteiger partial charge >= 0.3 is 5.97 Å². The Bertz CT molecular complexity index is 272. The maximum Gasteiger partial charge on any atom is 0.319 e. The van der Waals surface area contributed by atoms with Crippen molar-refractivity contribution in [3.8, 4) is 0 Å². The number of carboxylic acid groups (broad SMARTS) is 1. The van der Waals surface area contributed by atoms with Gasteiger partial charge in [0.1, 0.15) is 5.41 Å². The van der Waals surface area contributed by atoms with Crippen LogP contribution in [0.15, 0.2) is 0 Å². The molecule has 0 heterocycles. The summed E-state index contributed by atoms with van der Waals surface area (Å²) in [5.74, 6) is -1.35. The molecule has 2 N–H and O–H groups in total. The molecule has 0 saturated heterocycles. The van der Waals surface area contributed by atoms with Crippen molar-refractivity contribution in [2.24, 2.45) is 5.41 Å². The zero-order valence-corrected chi connectivity index (χ0v) is 9.41. The number of nitrogens with one attached hydrogen (secondary N) is 1. The van der Waals surface area contributed by atoms with E-state index in [0.717, 1.165) is 0 Å². The SMILES string of the molecule is CC(CN(C)C)NC(=O)C1(C(=O)O)CC1. The number of hydrogen-bond acceptors (Lipinski definition) is 3. The third-order valence-electron chi connectivity index (χ3n) is 2.61. The summed E-state index contributed by atoms with van der Waals surface area (Å²) in [7, 11) is 3.82. The van der Waals surface area contributed by atoms with Crippen molar-refractivity contribution in [3.63, 3.8) is 0 Å².